The molecule has 0 saturated heterocycles. The van der Waals surface area contributed by atoms with E-state index in [2.05, 4.69) is 29.6 Å². The number of anilines is 2. The number of rotatable bonds is 15. The number of amides is 2. The third-order valence-electron chi connectivity index (χ3n) is 7.94. The number of nitrogens with zero attached hydrogens (tertiary/aromatic N) is 3. The van der Waals surface area contributed by atoms with Gasteiger partial charge in [0.15, 0.2) is 23.1 Å². The van der Waals surface area contributed by atoms with E-state index in [9.17, 15) is 14.0 Å². The first-order chi connectivity index (χ1) is 22.2. The van der Waals surface area contributed by atoms with E-state index in [1.807, 2.05) is 0 Å². The molecule has 1 heterocycles. The number of primary amides is 1. The van der Waals surface area contributed by atoms with Crippen molar-refractivity contribution in [1.29, 1.82) is 0 Å². The monoisotopic (exact) mass is 650 g/mol. The topological polar surface area (TPSA) is 107 Å². The van der Waals surface area contributed by atoms with Crippen molar-refractivity contribution >= 4 is 46.7 Å². The van der Waals surface area contributed by atoms with Gasteiger partial charge in [0, 0.05) is 35.9 Å². The van der Waals surface area contributed by atoms with Crippen molar-refractivity contribution in [3.8, 4) is 23.0 Å². The first kappa shape index (κ1) is 33.0. The van der Waals surface area contributed by atoms with Crippen molar-refractivity contribution in [3.05, 3.63) is 78.5 Å². The Hall–Kier alpha value is -4.42. The molecule has 0 atom stereocenters. The molecule has 1 aliphatic rings. The molecule has 1 aliphatic carbocycles. The molecule has 0 unspecified atom stereocenters. The molecule has 4 aromatic rings. The highest BCUT2D eigenvalue weighted by Gasteiger charge is 2.57. The number of nitrogens with two attached hydrogens (primary N) is 1. The number of halogens is 2. The predicted octanol–water partition coefficient (Wildman–Crippen LogP) is 6.26. The Morgan fingerprint density at radius 1 is 0.935 bits per heavy atom. The van der Waals surface area contributed by atoms with Crippen LogP contribution in [0.1, 0.15) is 25.7 Å². The van der Waals surface area contributed by atoms with Crippen LogP contribution in [0.15, 0.2) is 66.9 Å². The highest BCUT2D eigenvalue weighted by Crippen LogP contribution is 2.49. The Morgan fingerprint density at radius 2 is 1.65 bits per heavy atom. The van der Waals surface area contributed by atoms with Crippen LogP contribution in [0.5, 0.6) is 23.0 Å². The molecular weight excluding hydrogens is 614 g/mol. The molecule has 1 saturated carbocycles. The second kappa shape index (κ2) is 14.3. The van der Waals surface area contributed by atoms with Gasteiger partial charge in [0.1, 0.15) is 17.0 Å². The van der Waals surface area contributed by atoms with Gasteiger partial charge < -0.3 is 24.8 Å². The average Bonchev–Trinajstić information content (AvgIpc) is 3.87. The summed E-state index contributed by atoms with van der Waals surface area (Å²) >= 11 is 4.26. The molecule has 0 bridgehead atoms. The first-order valence-corrected chi connectivity index (χ1v) is 15.6. The third-order valence-corrected chi connectivity index (χ3v) is 8.26. The van der Waals surface area contributed by atoms with E-state index >= 15 is 4.39 Å². The normalized spacial score (nSPS) is 13.4. The van der Waals surface area contributed by atoms with Crippen LogP contribution in [0.3, 0.4) is 0 Å². The number of hydrogen-bond acceptors (Lipinski definition) is 8. The van der Waals surface area contributed by atoms with E-state index < -0.39 is 28.9 Å². The number of carbonyl (C=O) groups is 2. The number of methoxy groups -OCH3 is 1. The summed E-state index contributed by atoms with van der Waals surface area (Å²) in [5, 5.41) is 0.571. The molecule has 2 N–H and O–H groups in total. The zero-order valence-electron chi connectivity index (χ0n) is 25.7. The van der Waals surface area contributed by atoms with Crippen LogP contribution in [0.25, 0.3) is 10.9 Å². The van der Waals surface area contributed by atoms with Gasteiger partial charge in [-0.25, -0.2) is 8.78 Å². The maximum atomic E-state index is 15.6. The molecule has 0 spiro atoms. The smallest absolute Gasteiger partial charge is 0.247 e. The fraction of sp³-hybridized carbons (Fsp3) is 0.324. The number of pyridine rings is 1. The highest BCUT2D eigenvalue weighted by molar-refractivity contribution is 7.80. The highest BCUT2D eigenvalue weighted by atomic mass is 32.1. The van der Waals surface area contributed by atoms with Crippen LogP contribution < -0.4 is 24.8 Å². The summed E-state index contributed by atoms with van der Waals surface area (Å²) in [5.41, 5.74) is 5.12. The number of aromatic nitrogens is 1. The Balaban J connectivity index is 1.38. The number of fused-ring (bicyclic) bond motifs is 1. The molecule has 12 heteroatoms. The first-order valence-electron chi connectivity index (χ1n) is 14.9. The van der Waals surface area contributed by atoms with Crippen molar-refractivity contribution in [2.75, 3.05) is 44.5 Å². The largest absolute Gasteiger partial charge is 0.493 e. The molecular formula is C34H36F2N4O5S. The van der Waals surface area contributed by atoms with E-state index in [1.165, 1.54) is 48.4 Å². The second-order valence-electron chi connectivity index (χ2n) is 11.2. The van der Waals surface area contributed by atoms with Crippen LogP contribution in [0, 0.1) is 17.0 Å². The van der Waals surface area contributed by atoms with E-state index in [0.717, 1.165) is 37.8 Å². The van der Waals surface area contributed by atoms with Crippen LogP contribution in [0.2, 0.25) is 0 Å². The number of ether oxygens (including phenoxy) is 3. The van der Waals surface area contributed by atoms with E-state index in [0.29, 0.717) is 34.8 Å². The molecule has 0 aliphatic heterocycles. The lowest BCUT2D eigenvalue weighted by Gasteiger charge is -2.26. The predicted molar refractivity (Wildman–Crippen MR) is 175 cm³/mol. The summed E-state index contributed by atoms with van der Waals surface area (Å²) in [7, 11) is 3.60. The van der Waals surface area contributed by atoms with E-state index in [1.54, 1.807) is 24.4 Å². The summed E-state index contributed by atoms with van der Waals surface area (Å²) in [5.74, 6) is -0.573. The molecule has 9 nitrogen and oxygen atoms in total. The lowest BCUT2D eigenvalue weighted by molar-refractivity contribution is -0.133. The SMILES string of the molecule is COc1cc2c(Oc3ccc(N(C(=O)C4(C(N)=O)CC4)c4ccc(F)cc4)cc3F)ccnc2cc1OCCCN(C)CCCS. The summed E-state index contributed by atoms with van der Waals surface area (Å²) in [6, 6.07) is 14.2. The van der Waals surface area contributed by atoms with Crippen LogP contribution in [-0.4, -0.2) is 61.3 Å². The maximum Gasteiger partial charge on any atom is 0.247 e. The Morgan fingerprint density at radius 3 is 2.30 bits per heavy atom. The van der Waals surface area contributed by atoms with Crippen molar-refractivity contribution in [2.24, 2.45) is 11.1 Å². The minimum Gasteiger partial charge on any atom is -0.493 e. The van der Waals surface area contributed by atoms with Gasteiger partial charge in [-0.1, -0.05) is 0 Å². The van der Waals surface area contributed by atoms with Crippen LogP contribution >= 0.6 is 12.6 Å². The number of carbonyl (C=O) groups excluding carboxylic acids is 2. The quantitative estimate of drug-likeness (QED) is 0.0888. The molecule has 0 radical (unpaired) electrons. The van der Waals surface area contributed by atoms with Crippen molar-refractivity contribution < 1.29 is 32.6 Å². The van der Waals surface area contributed by atoms with Crippen molar-refractivity contribution in [3.63, 3.8) is 0 Å². The standard InChI is InChI=1S/C34H36F2N4O5S/c1-39(16-4-18-46)15-3-17-44-31-21-27-25(20-30(31)43-2)28(11-14-38-27)45-29-10-9-24(19-26(29)36)40(23-7-5-22(35)6-8-23)33(42)34(12-13-34)32(37)41/h5-11,14,19-21,46H,3-4,12-13,15-18H2,1-2H3,(H2,37,41). The Bertz CT molecular complexity index is 1720. The summed E-state index contributed by atoms with van der Waals surface area (Å²) < 4.78 is 46.9. The zero-order chi connectivity index (χ0) is 32.8. The third kappa shape index (κ3) is 7.18. The summed E-state index contributed by atoms with van der Waals surface area (Å²) in [6.07, 6.45) is 3.95. The molecule has 46 heavy (non-hydrogen) atoms. The number of thiol groups is 1. The molecule has 5 rings (SSSR count). The minimum atomic E-state index is -1.39. The fourth-order valence-electron chi connectivity index (χ4n) is 5.17. The van der Waals surface area contributed by atoms with Crippen LogP contribution in [0.4, 0.5) is 20.2 Å². The van der Waals surface area contributed by atoms with Gasteiger partial charge in [0.05, 0.1) is 24.9 Å². The van der Waals surface area contributed by atoms with Gasteiger partial charge in [-0.3, -0.25) is 19.5 Å². The lowest BCUT2D eigenvalue weighted by atomic mass is 10.0. The van der Waals surface area contributed by atoms with Gasteiger partial charge in [-0.2, -0.15) is 12.6 Å². The molecule has 3 aromatic carbocycles. The van der Waals surface area contributed by atoms with Crippen molar-refractivity contribution in [1.82, 2.24) is 9.88 Å². The minimum absolute atomic E-state index is 0.111. The van der Waals surface area contributed by atoms with Crippen LogP contribution in [-0.2, 0) is 9.59 Å². The maximum absolute atomic E-state index is 15.6. The van der Waals surface area contributed by atoms with Gasteiger partial charge >= 0.3 is 0 Å². The average molecular weight is 651 g/mol. The lowest BCUT2D eigenvalue weighted by Crippen LogP contribution is -2.41. The molecule has 2 amide bonds. The fourth-order valence-corrected chi connectivity index (χ4v) is 5.31. The Kier molecular flexibility index (Phi) is 10.3. The summed E-state index contributed by atoms with van der Waals surface area (Å²) in [6.45, 7) is 2.34. The van der Waals surface area contributed by atoms with E-state index in [4.69, 9.17) is 19.9 Å². The van der Waals surface area contributed by atoms with E-state index in [-0.39, 0.29) is 30.0 Å². The number of benzene rings is 3. The van der Waals surface area contributed by atoms with Gasteiger partial charge in [0.25, 0.3) is 0 Å². The molecule has 1 fully saturated rings. The second-order valence-corrected chi connectivity index (χ2v) is 11.6. The van der Waals surface area contributed by atoms with Gasteiger partial charge in [0.2, 0.25) is 11.8 Å². The Labute approximate surface area is 271 Å². The van der Waals surface area contributed by atoms with Gasteiger partial charge in [-0.15, -0.1) is 0 Å². The zero-order valence-corrected chi connectivity index (χ0v) is 26.6. The number of hydrogen-bond donors (Lipinski definition) is 2. The van der Waals surface area contributed by atoms with Gasteiger partial charge in [-0.05, 0) is 93.6 Å². The molecule has 1 aromatic heterocycles. The summed E-state index contributed by atoms with van der Waals surface area (Å²) in [4.78, 5) is 33.6. The molecule has 242 valence electrons. The van der Waals surface area contributed by atoms with Crippen molar-refractivity contribution in [2.45, 2.75) is 25.7 Å².